The van der Waals surface area contributed by atoms with Crippen LogP contribution in [-0.4, -0.2) is 17.3 Å². The van der Waals surface area contributed by atoms with E-state index in [4.69, 9.17) is 11.6 Å². The van der Waals surface area contributed by atoms with Crippen LogP contribution >= 0.6 is 23.4 Å². The molecule has 19 heavy (non-hydrogen) atoms. The van der Waals surface area contributed by atoms with Crippen LogP contribution in [0.1, 0.15) is 10.4 Å². The molecule has 98 valence electrons. The van der Waals surface area contributed by atoms with Gasteiger partial charge in [-0.2, -0.15) is 0 Å². The van der Waals surface area contributed by atoms with Crippen molar-refractivity contribution in [1.29, 1.82) is 0 Å². The Morgan fingerprint density at radius 2 is 2.05 bits per heavy atom. The summed E-state index contributed by atoms with van der Waals surface area (Å²) >= 11 is 7.53. The number of halogens is 1. The van der Waals surface area contributed by atoms with Crippen LogP contribution in [0, 0.1) is 0 Å². The van der Waals surface area contributed by atoms with E-state index in [1.165, 1.54) is 18.2 Å². The maximum Gasteiger partial charge on any atom is 0.257 e. The van der Waals surface area contributed by atoms with Gasteiger partial charge in [0.1, 0.15) is 5.75 Å². The first kappa shape index (κ1) is 13.8. The van der Waals surface area contributed by atoms with Crippen molar-refractivity contribution in [1.82, 2.24) is 0 Å². The van der Waals surface area contributed by atoms with Gasteiger partial charge in [-0.3, -0.25) is 4.79 Å². The van der Waals surface area contributed by atoms with Crippen LogP contribution < -0.4 is 5.32 Å². The fourth-order valence-corrected chi connectivity index (χ4v) is 2.25. The number of anilines is 1. The van der Waals surface area contributed by atoms with Gasteiger partial charge in [0.25, 0.3) is 5.91 Å². The molecule has 2 aromatic rings. The molecule has 0 aromatic heterocycles. The van der Waals surface area contributed by atoms with E-state index in [1.54, 1.807) is 17.8 Å². The molecule has 0 spiro atoms. The molecule has 0 bridgehead atoms. The average molecular weight is 294 g/mol. The largest absolute Gasteiger partial charge is 0.508 e. The molecule has 0 fully saturated rings. The Morgan fingerprint density at radius 3 is 2.79 bits per heavy atom. The van der Waals surface area contributed by atoms with Gasteiger partial charge in [0.05, 0.1) is 10.6 Å². The minimum absolute atomic E-state index is 0.00687. The van der Waals surface area contributed by atoms with Gasteiger partial charge in [-0.15, -0.1) is 11.8 Å². The summed E-state index contributed by atoms with van der Waals surface area (Å²) < 4.78 is 0. The second kappa shape index (κ2) is 5.99. The number of phenolic OH excluding ortho intramolecular Hbond substituents is 1. The molecule has 0 saturated heterocycles. The molecule has 0 aliphatic rings. The van der Waals surface area contributed by atoms with Crippen molar-refractivity contribution in [3.63, 3.8) is 0 Å². The van der Waals surface area contributed by atoms with E-state index in [9.17, 15) is 9.90 Å². The minimum Gasteiger partial charge on any atom is -0.508 e. The molecule has 2 aromatic carbocycles. The standard InChI is InChI=1S/C14H12ClNO2S/c1-19-11-4-2-3-9(7-11)16-14(18)12-8-10(17)5-6-13(12)15/h2-8,17H,1H3,(H,16,18). The van der Waals surface area contributed by atoms with E-state index in [1.807, 2.05) is 24.5 Å². The first-order valence-electron chi connectivity index (χ1n) is 5.54. The second-order valence-corrected chi connectivity index (χ2v) is 5.14. The topological polar surface area (TPSA) is 49.3 Å². The van der Waals surface area contributed by atoms with Gasteiger partial charge in [-0.25, -0.2) is 0 Å². The number of hydrogen-bond acceptors (Lipinski definition) is 3. The number of carbonyl (C=O) groups is 1. The Bertz CT molecular complexity index is 616. The van der Waals surface area contributed by atoms with Crippen molar-refractivity contribution in [3.05, 3.63) is 53.1 Å². The molecule has 0 saturated carbocycles. The number of nitrogens with one attached hydrogen (secondary N) is 1. The van der Waals surface area contributed by atoms with Gasteiger partial charge < -0.3 is 10.4 Å². The first-order chi connectivity index (χ1) is 9.10. The predicted octanol–water partition coefficient (Wildman–Crippen LogP) is 4.02. The summed E-state index contributed by atoms with van der Waals surface area (Å²) in [6, 6.07) is 11.8. The summed E-state index contributed by atoms with van der Waals surface area (Å²) in [4.78, 5) is 13.1. The Balaban J connectivity index is 2.23. The average Bonchev–Trinajstić information content (AvgIpc) is 2.41. The first-order valence-corrected chi connectivity index (χ1v) is 7.14. The van der Waals surface area contributed by atoms with Crippen LogP contribution in [0.5, 0.6) is 5.75 Å². The van der Waals surface area contributed by atoms with Crippen molar-refractivity contribution in [2.75, 3.05) is 11.6 Å². The Hall–Kier alpha value is -1.65. The molecule has 2 rings (SSSR count). The van der Waals surface area contributed by atoms with Gasteiger partial charge in [-0.1, -0.05) is 17.7 Å². The third-order valence-corrected chi connectivity index (χ3v) is 3.58. The fraction of sp³-hybridized carbons (Fsp3) is 0.0714. The van der Waals surface area contributed by atoms with Gasteiger partial charge >= 0.3 is 0 Å². The van der Waals surface area contributed by atoms with Crippen LogP contribution in [-0.2, 0) is 0 Å². The third-order valence-electron chi connectivity index (χ3n) is 2.52. The number of amides is 1. The zero-order valence-electron chi connectivity index (χ0n) is 10.2. The fourth-order valence-electron chi connectivity index (χ4n) is 1.59. The lowest BCUT2D eigenvalue weighted by Gasteiger charge is -2.08. The van der Waals surface area contributed by atoms with Crippen LogP contribution in [0.3, 0.4) is 0 Å². The summed E-state index contributed by atoms with van der Waals surface area (Å²) in [6.45, 7) is 0. The summed E-state index contributed by atoms with van der Waals surface area (Å²) in [5.74, 6) is -0.341. The molecule has 0 aliphatic carbocycles. The monoisotopic (exact) mass is 293 g/mol. The van der Waals surface area contributed by atoms with Crippen molar-refractivity contribution in [2.45, 2.75) is 4.90 Å². The van der Waals surface area contributed by atoms with Crippen molar-refractivity contribution in [2.24, 2.45) is 0 Å². The number of hydrogen-bond donors (Lipinski definition) is 2. The second-order valence-electron chi connectivity index (χ2n) is 3.85. The number of thioether (sulfide) groups is 1. The molecule has 0 unspecified atom stereocenters. The number of carbonyl (C=O) groups excluding carboxylic acids is 1. The lowest BCUT2D eigenvalue weighted by Crippen LogP contribution is -2.12. The Kier molecular flexibility index (Phi) is 4.35. The SMILES string of the molecule is CSc1cccc(NC(=O)c2cc(O)ccc2Cl)c1. The van der Waals surface area contributed by atoms with E-state index in [0.29, 0.717) is 10.7 Å². The van der Waals surface area contributed by atoms with Crippen LogP contribution in [0.25, 0.3) is 0 Å². The molecule has 5 heteroatoms. The van der Waals surface area contributed by atoms with Crippen LogP contribution in [0.15, 0.2) is 47.4 Å². The van der Waals surface area contributed by atoms with Crippen molar-refractivity contribution in [3.8, 4) is 5.75 Å². The van der Waals surface area contributed by atoms with Crippen molar-refractivity contribution >= 4 is 35.0 Å². The normalized spacial score (nSPS) is 10.2. The highest BCUT2D eigenvalue weighted by atomic mass is 35.5. The Labute approximate surface area is 120 Å². The molecule has 0 atom stereocenters. The maximum atomic E-state index is 12.1. The van der Waals surface area contributed by atoms with E-state index >= 15 is 0 Å². The molecule has 1 amide bonds. The molecular weight excluding hydrogens is 282 g/mol. The molecule has 0 heterocycles. The molecule has 3 nitrogen and oxygen atoms in total. The Morgan fingerprint density at radius 1 is 1.26 bits per heavy atom. The highest BCUT2D eigenvalue weighted by Gasteiger charge is 2.11. The lowest BCUT2D eigenvalue weighted by molar-refractivity contribution is 0.102. The number of phenols is 1. The summed E-state index contributed by atoms with van der Waals surface area (Å²) in [7, 11) is 0. The molecule has 0 aliphatic heterocycles. The summed E-state index contributed by atoms with van der Waals surface area (Å²) in [5, 5.41) is 12.4. The summed E-state index contributed by atoms with van der Waals surface area (Å²) in [6.07, 6.45) is 1.97. The molecular formula is C14H12ClNO2S. The smallest absolute Gasteiger partial charge is 0.257 e. The zero-order valence-corrected chi connectivity index (χ0v) is 11.8. The van der Waals surface area contributed by atoms with Gasteiger partial charge in [0.2, 0.25) is 0 Å². The van der Waals surface area contributed by atoms with E-state index < -0.39 is 0 Å². The predicted molar refractivity (Wildman–Crippen MR) is 79.3 cm³/mol. The number of rotatable bonds is 3. The number of benzene rings is 2. The zero-order chi connectivity index (χ0) is 13.8. The van der Waals surface area contributed by atoms with Gasteiger partial charge in [0.15, 0.2) is 0 Å². The van der Waals surface area contributed by atoms with Crippen LogP contribution in [0.4, 0.5) is 5.69 Å². The number of aromatic hydroxyl groups is 1. The van der Waals surface area contributed by atoms with Crippen molar-refractivity contribution < 1.29 is 9.90 Å². The van der Waals surface area contributed by atoms with E-state index in [-0.39, 0.29) is 17.2 Å². The quantitative estimate of drug-likeness (QED) is 0.840. The minimum atomic E-state index is -0.348. The maximum absolute atomic E-state index is 12.1. The molecule has 2 N–H and O–H groups in total. The highest BCUT2D eigenvalue weighted by Crippen LogP contribution is 2.23. The lowest BCUT2D eigenvalue weighted by atomic mass is 10.2. The van der Waals surface area contributed by atoms with E-state index in [0.717, 1.165) is 4.90 Å². The highest BCUT2D eigenvalue weighted by molar-refractivity contribution is 7.98. The summed E-state index contributed by atoms with van der Waals surface area (Å²) in [5.41, 5.74) is 0.937. The van der Waals surface area contributed by atoms with Crippen LogP contribution in [0.2, 0.25) is 5.02 Å². The third kappa shape index (κ3) is 3.43. The van der Waals surface area contributed by atoms with E-state index in [2.05, 4.69) is 5.32 Å². The van der Waals surface area contributed by atoms with Gasteiger partial charge in [-0.05, 0) is 42.7 Å². The van der Waals surface area contributed by atoms with Gasteiger partial charge in [0, 0.05) is 10.6 Å². The molecule has 0 radical (unpaired) electrons.